The third-order valence-electron chi connectivity index (χ3n) is 14.5. The smallest absolute Gasteiger partial charge is 0.164 e. The van der Waals surface area contributed by atoms with Gasteiger partial charge in [-0.25, -0.2) is 8.78 Å². The number of fused-ring (bicyclic) bond motifs is 1. The lowest BCUT2D eigenvalue weighted by molar-refractivity contribution is -0.179. The van der Waals surface area contributed by atoms with Crippen molar-refractivity contribution in [2.75, 3.05) is 37.6 Å². The first-order valence-electron chi connectivity index (χ1n) is 17.9. The second kappa shape index (κ2) is 11.2. The highest BCUT2D eigenvalue weighted by molar-refractivity contribution is 6.31. The lowest BCUT2D eigenvalue weighted by Crippen LogP contribution is -2.67. The topological polar surface area (TPSA) is 64.0 Å². The molecule has 8 atom stereocenters. The van der Waals surface area contributed by atoms with Gasteiger partial charge in [-0.15, -0.1) is 0 Å². The van der Waals surface area contributed by atoms with Crippen LogP contribution < -0.4 is 4.90 Å². The maximum Gasteiger partial charge on any atom is 0.164 e. The van der Waals surface area contributed by atoms with Gasteiger partial charge in [0.15, 0.2) is 5.78 Å². The van der Waals surface area contributed by atoms with Crippen LogP contribution in [-0.2, 0) is 11.2 Å². The summed E-state index contributed by atoms with van der Waals surface area (Å²) in [5.74, 6) is -0.586. The quantitative estimate of drug-likeness (QED) is 0.319. The summed E-state index contributed by atoms with van der Waals surface area (Å²) in [5, 5.41) is 24.0. The summed E-state index contributed by atoms with van der Waals surface area (Å²) in [5.41, 5.74) is -0.509. The Kier molecular flexibility index (Phi) is 7.62. The summed E-state index contributed by atoms with van der Waals surface area (Å²) >= 11 is 6.45. The van der Waals surface area contributed by atoms with Crippen molar-refractivity contribution in [2.45, 2.75) is 76.9 Å². The van der Waals surface area contributed by atoms with Crippen LogP contribution >= 0.6 is 11.6 Å². The van der Waals surface area contributed by atoms with Crippen LogP contribution in [0.15, 0.2) is 66.3 Å². The van der Waals surface area contributed by atoms with Gasteiger partial charge >= 0.3 is 0 Å². The Hall–Kier alpha value is -2.58. The number of rotatable bonds is 6. The molecule has 2 aromatic rings. The number of hydrogen-bond donors (Lipinski definition) is 2. The normalized spacial score (nSPS) is 40.3. The molecule has 256 valence electrons. The van der Waals surface area contributed by atoms with E-state index < -0.39 is 33.8 Å². The fourth-order valence-corrected chi connectivity index (χ4v) is 12.0. The van der Waals surface area contributed by atoms with Gasteiger partial charge in [-0.2, -0.15) is 0 Å². The lowest BCUT2D eigenvalue weighted by Gasteiger charge is -2.71. The fourth-order valence-electron chi connectivity index (χ4n) is 11.8. The zero-order chi connectivity index (χ0) is 33.7. The van der Waals surface area contributed by atoms with Gasteiger partial charge in [0.1, 0.15) is 11.6 Å². The number of ketones is 1. The number of hydrogen-bond acceptors (Lipinski definition) is 5. The fraction of sp³-hybridized carbons (Fsp3) is 0.575. The molecule has 0 aromatic heterocycles. The second-order valence-corrected chi connectivity index (χ2v) is 16.8. The van der Waals surface area contributed by atoms with Crippen LogP contribution in [0.3, 0.4) is 0 Å². The zero-order valence-electron chi connectivity index (χ0n) is 28.0. The van der Waals surface area contributed by atoms with E-state index in [0.717, 1.165) is 69.5 Å². The van der Waals surface area contributed by atoms with Gasteiger partial charge in [-0.3, -0.25) is 9.69 Å². The maximum atomic E-state index is 15.1. The van der Waals surface area contributed by atoms with Crippen molar-refractivity contribution >= 4 is 23.1 Å². The van der Waals surface area contributed by atoms with E-state index in [0.29, 0.717) is 19.4 Å². The van der Waals surface area contributed by atoms with E-state index in [1.807, 2.05) is 12.1 Å². The molecule has 8 unspecified atom stereocenters. The monoisotopic (exact) mass is 676 g/mol. The largest absolute Gasteiger partial charge is 0.393 e. The highest BCUT2D eigenvalue weighted by Crippen LogP contribution is 2.78. The Morgan fingerprint density at radius 3 is 2.33 bits per heavy atom. The number of piperazine rings is 1. The molecule has 2 aromatic carbocycles. The molecule has 1 saturated heterocycles. The number of benzene rings is 2. The van der Waals surface area contributed by atoms with Crippen LogP contribution in [0.1, 0.15) is 64.4 Å². The Bertz CT molecular complexity index is 1670. The van der Waals surface area contributed by atoms with Crippen LogP contribution in [0.5, 0.6) is 0 Å². The second-order valence-electron chi connectivity index (χ2n) is 16.4. The van der Waals surface area contributed by atoms with Gasteiger partial charge in [-0.05, 0) is 98.6 Å². The number of halogens is 3. The molecule has 48 heavy (non-hydrogen) atoms. The minimum absolute atomic E-state index is 0.0405. The van der Waals surface area contributed by atoms with Gasteiger partial charge in [0.25, 0.3) is 0 Å². The summed E-state index contributed by atoms with van der Waals surface area (Å²) in [7, 11) is 0. The molecule has 8 heteroatoms. The molecular weight excluding hydrogens is 630 g/mol. The molecular formula is C40H47ClF2N2O3. The highest BCUT2D eigenvalue weighted by Gasteiger charge is 2.74. The Balaban J connectivity index is 1.12. The Morgan fingerprint density at radius 1 is 0.917 bits per heavy atom. The maximum absolute atomic E-state index is 15.1. The van der Waals surface area contributed by atoms with Crippen LogP contribution in [0.2, 0.25) is 5.02 Å². The van der Waals surface area contributed by atoms with E-state index in [1.165, 1.54) is 18.2 Å². The molecule has 2 bridgehead atoms. The van der Waals surface area contributed by atoms with Crippen molar-refractivity contribution < 1.29 is 23.8 Å². The zero-order valence-corrected chi connectivity index (χ0v) is 28.8. The third-order valence-corrected chi connectivity index (χ3v) is 14.8. The number of aliphatic hydroxyl groups excluding tert-OH is 1. The molecule has 7 aliphatic rings. The number of carbonyl (C=O) groups is 1. The van der Waals surface area contributed by atoms with E-state index in [1.54, 1.807) is 12.1 Å². The van der Waals surface area contributed by atoms with Crippen LogP contribution in [0, 0.1) is 45.1 Å². The molecule has 2 N–H and O–H groups in total. The SMILES string of the molecule is CC12CCC(O)CC13C=CC1(C(C(=O)Cc4c(F)cccc4Cl)=C3)C2CCC2(C)C1CCC2(O)CN1CCN(c2ccc(F)cc2)CC1. The number of carbonyl (C=O) groups excluding carboxylic acids is 1. The number of nitrogens with zero attached hydrogens (tertiary/aromatic N) is 2. The molecule has 1 aliphatic heterocycles. The predicted molar refractivity (Wildman–Crippen MR) is 184 cm³/mol. The van der Waals surface area contributed by atoms with Gasteiger partial charge in [-0.1, -0.05) is 49.7 Å². The molecule has 6 aliphatic carbocycles. The predicted octanol–water partition coefficient (Wildman–Crippen LogP) is 7.14. The van der Waals surface area contributed by atoms with Gasteiger partial charge in [0.2, 0.25) is 0 Å². The lowest BCUT2D eigenvalue weighted by atomic mass is 9.32. The number of allylic oxidation sites excluding steroid dienone is 4. The van der Waals surface area contributed by atoms with E-state index in [-0.39, 0.29) is 45.9 Å². The first-order chi connectivity index (χ1) is 22.8. The molecule has 0 amide bonds. The van der Waals surface area contributed by atoms with Crippen molar-refractivity contribution in [3.8, 4) is 0 Å². The van der Waals surface area contributed by atoms with Gasteiger partial charge in [0.05, 0.1) is 11.7 Å². The summed E-state index contributed by atoms with van der Waals surface area (Å²) < 4.78 is 28.6. The van der Waals surface area contributed by atoms with Crippen LogP contribution in [-0.4, -0.2) is 65.3 Å². The minimum Gasteiger partial charge on any atom is -0.393 e. The molecule has 2 spiro atoms. The number of Topliss-reactive ketones (excluding diaryl/α,β-unsaturated/α-hetero) is 1. The van der Waals surface area contributed by atoms with Crippen molar-refractivity contribution in [1.82, 2.24) is 4.90 Å². The van der Waals surface area contributed by atoms with E-state index >= 15 is 4.39 Å². The molecule has 4 fully saturated rings. The molecule has 9 rings (SSSR count). The first-order valence-corrected chi connectivity index (χ1v) is 18.3. The van der Waals surface area contributed by atoms with Crippen LogP contribution in [0.4, 0.5) is 14.5 Å². The third kappa shape index (κ3) is 4.52. The number of β-amino-alcohol motifs (C(OH)–C–C–N with tert-alkyl or cyclic N) is 1. The Labute approximate surface area is 287 Å². The van der Waals surface area contributed by atoms with E-state index in [9.17, 15) is 19.4 Å². The molecule has 3 saturated carbocycles. The Morgan fingerprint density at radius 2 is 1.60 bits per heavy atom. The van der Waals surface area contributed by atoms with Crippen molar-refractivity contribution in [3.63, 3.8) is 0 Å². The van der Waals surface area contributed by atoms with Crippen molar-refractivity contribution in [1.29, 1.82) is 0 Å². The minimum atomic E-state index is -0.929. The molecule has 0 radical (unpaired) electrons. The number of aliphatic hydroxyl groups is 2. The summed E-state index contributed by atoms with van der Waals surface area (Å²) in [4.78, 5) is 19.3. The van der Waals surface area contributed by atoms with E-state index in [4.69, 9.17) is 11.6 Å². The van der Waals surface area contributed by atoms with E-state index in [2.05, 4.69) is 41.9 Å². The number of anilines is 1. The molecule has 1 heterocycles. The first kappa shape index (κ1) is 32.6. The average Bonchev–Trinajstić information content (AvgIpc) is 3.33. The molecule has 5 nitrogen and oxygen atoms in total. The van der Waals surface area contributed by atoms with Crippen molar-refractivity contribution in [2.24, 2.45) is 33.5 Å². The van der Waals surface area contributed by atoms with Gasteiger partial charge in [0, 0.05) is 77.2 Å². The van der Waals surface area contributed by atoms with Crippen molar-refractivity contribution in [3.05, 3.63) is 88.5 Å². The van der Waals surface area contributed by atoms with Crippen LogP contribution in [0.25, 0.3) is 0 Å². The average molecular weight is 677 g/mol. The van der Waals surface area contributed by atoms with Gasteiger partial charge < -0.3 is 15.1 Å². The standard InChI is InChI=1S/C40H47ClF2N2O3/c1-36-13-10-28(46)23-38(36)16-17-40(30(24-38)33(47)22-29-31(41)4-3-5-32(29)43)34(36)11-14-37(2)35(40)12-15-39(37,48)25-44-18-20-45(21-19-44)27-8-6-26(42)7-9-27/h3-9,16-17,24,28,34-35,46,48H,10-15,18-23,25H2,1-2H3. The summed E-state index contributed by atoms with van der Waals surface area (Å²) in [6.45, 7) is 8.45. The summed E-state index contributed by atoms with van der Waals surface area (Å²) in [6.07, 6.45) is 11.7. The highest BCUT2D eigenvalue weighted by atomic mass is 35.5. The summed E-state index contributed by atoms with van der Waals surface area (Å²) in [6, 6.07) is 11.2.